The van der Waals surface area contributed by atoms with E-state index in [2.05, 4.69) is 20.9 Å². The number of hydrogen-bond donors (Lipinski definition) is 0. The van der Waals surface area contributed by atoms with Gasteiger partial charge in [-0.05, 0) is 22.0 Å². The Morgan fingerprint density at radius 1 is 1.67 bits per heavy atom. The summed E-state index contributed by atoms with van der Waals surface area (Å²) < 4.78 is 17.8. The zero-order chi connectivity index (χ0) is 8.97. The van der Waals surface area contributed by atoms with Gasteiger partial charge in [0.2, 0.25) is 5.95 Å². The van der Waals surface area contributed by atoms with Crippen LogP contribution in [0.25, 0.3) is 6.08 Å². The van der Waals surface area contributed by atoms with Crippen LogP contribution in [0.3, 0.4) is 0 Å². The molecular weight excluding hydrogens is 225 g/mol. The van der Waals surface area contributed by atoms with Crippen LogP contribution in [0.15, 0.2) is 23.0 Å². The average Bonchev–Trinajstić information content (AvgIpc) is 2.03. The zero-order valence-electron chi connectivity index (χ0n) is 6.42. The highest BCUT2D eigenvalue weighted by Gasteiger charge is 1.98. The highest BCUT2D eigenvalue weighted by molar-refractivity contribution is 9.10. The molecule has 0 bridgehead atoms. The van der Waals surface area contributed by atoms with Crippen molar-refractivity contribution in [3.63, 3.8) is 0 Å². The van der Waals surface area contributed by atoms with Crippen LogP contribution >= 0.6 is 15.9 Å². The fraction of sp³-hybridized carbons (Fsp3) is 0.125. The van der Waals surface area contributed by atoms with Gasteiger partial charge in [0.25, 0.3) is 0 Å². The van der Waals surface area contributed by atoms with Crippen LogP contribution in [0.1, 0.15) is 5.56 Å². The first-order valence-corrected chi connectivity index (χ1v) is 4.03. The van der Waals surface area contributed by atoms with Crippen molar-refractivity contribution in [3.8, 4) is 0 Å². The molecule has 0 N–H and O–H groups in total. The summed E-state index contributed by atoms with van der Waals surface area (Å²) in [4.78, 5) is 3.49. The maximum atomic E-state index is 12.5. The van der Waals surface area contributed by atoms with Crippen molar-refractivity contribution in [1.82, 2.24) is 4.98 Å². The van der Waals surface area contributed by atoms with E-state index in [1.807, 2.05) is 0 Å². The van der Waals surface area contributed by atoms with Gasteiger partial charge in [0.1, 0.15) is 0 Å². The van der Waals surface area contributed by atoms with Crippen molar-refractivity contribution in [2.45, 2.75) is 0 Å². The molecular formula is C8H7BrFNO. The summed E-state index contributed by atoms with van der Waals surface area (Å²) in [7, 11) is 1.54. The summed E-state index contributed by atoms with van der Waals surface area (Å²) in [6.45, 7) is 0. The molecule has 1 rings (SSSR count). The van der Waals surface area contributed by atoms with Gasteiger partial charge in [-0.25, -0.2) is 4.98 Å². The molecule has 0 atom stereocenters. The maximum absolute atomic E-state index is 12.5. The van der Waals surface area contributed by atoms with Crippen molar-refractivity contribution < 1.29 is 9.13 Å². The fourth-order valence-electron chi connectivity index (χ4n) is 0.682. The molecule has 0 saturated heterocycles. The molecule has 0 saturated carbocycles. The lowest BCUT2D eigenvalue weighted by molar-refractivity contribution is 0.341. The molecule has 0 unspecified atom stereocenters. The summed E-state index contributed by atoms with van der Waals surface area (Å²) in [5.41, 5.74) is 0.776. The Hall–Kier alpha value is -0.900. The van der Waals surface area contributed by atoms with Crippen LogP contribution in [-0.2, 0) is 4.74 Å². The number of rotatable bonds is 2. The van der Waals surface area contributed by atoms with Gasteiger partial charge < -0.3 is 4.74 Å². The van der Waals surface area contributed by atoms with E-state index in [0.717, 1.165) is 5.56 Å². The maximum Gasteiger partial charge on any atom is 0.213 e. The summed E-state index contributed by atoms with van der Waals surface area (Å²) in [6.07, 6.45) is 4.62. The first kappa shape index (κ1) is 9.19. The Kier molecular flexibility index (Phi) is 3.22. The molecule has 0 aliphatic heterocycles. The molecule has 0 spiro atoms. The molecule has 1 aromatic heterocycles. The highest BCUT2D eigenvalue weighted by Crippen LogP contribution is 2.17. The summed E-state index contributed by atoms with van der Waals surface area (Å²) in [5.74, 6) is -0.503. The highest BCUT2D eigenvalue weighted by atomic mass is 79.9. The van der Waals surface area contributed by atoms with Crippen LogP contribution in [0.2, 0.25) is 0 Å². The summed E-state index contributed by atoms with van der Waals surface area (Å²) >= 11 is 3.19. The lowest BCUT2D eigenvalue weighted by Crippen LogP contribution is -1.84. The average molecular weight is 232 g/mol. The molecule has 0 aromatic carbocycles. The Balaban J connectivity index is 2.94. The van der Waals surface area contributed by atoms with Crippen LogP contribution in [-0.4, -0.2) is 12.1 Å². The van der Waals surface area contributed by atoms with E-state index in [1.54, 1.807) is 13.2 Å². The van der Waals surface area contributed by atoms with Crippen molar-refractivity contribution in [1.29, 1.82) is 0 Å². The second-order valence-electron chi connectivity index (χ2n) is 2.07. The molecule has 2 nitrogen and oxygen atoms in total. The van der Waals surface area contributed by atoms with Crippen molar-refractivity contribution >= 4 is 22.0 Å². The molecule has 0 fully saturated rings. The minimum Gasteiger partial charge on any atom is -0.504 e. The molecule has 0 aliphatic carbocycles. The third-order valence-electron chi connectivity index (χ3n) is 1.23. The molecule has 0 radical (unpaired) electrons. The van der Waals surface area contributed by atoms with Crippen LogP contribution in [0.4, 0.5) is 4.39 Å². The number of pyridine rings is 1. The number of ether oxygens (including phenoxy) is 1. The van der Waals surface area contributed by atoms with Crippen molar-refractivity contribution in [3.05, 3.63) is 34.5 Å². The topological polar surface area (TPSA) is 22.1 Å². The van der Waals surface area contributed by atoms with Crippen molar-refractivity contribution in [2.75, 3.05) is 7.11 Å². The van der Waals surface area contributed by atoms with Gasteiger partial charge in [-0.3, -0.25) is 0 Å². The molecule has 0 amide bonds. The quantitative estimate of drug-likeness (QED) is 0.577. The lowest BCUT2D eigenvalue weighted by Gasteiger charge is -1.96. The monoisotopic (exact) mass is 231 g/mol. The molecule has 4 heteroatoms. The standard InChI is InChI=1S/C8H7BrFNO/c1-12-3-2-6-5-11-8(10)4-7(6)9/h2-5H,1H3/b3-2+. The third kappa shape index (κ3) is 2.30. The van der Waals surface area contributed by atoms with E-state index in [0.29, 0.717) is 4.47 Å². The molecule has 12 heavy (non-hydrogen) atoms. The fourth-order valence-corrected chi connectivity index (χ4v) is 1.11. The van der Waals surface area contributed by atoms with Crippen LogP contribution in [0, 0.1) is 5.95 Å². The van der Waals surface area contributed by atoms with E-state index in [9.17, 15) is 4.39 Å². The lowest BCUT2D eigenvalue weighted by atomic mass is 10.3. The Morgan fingerprint density at radius 3 is 3.00 bits per heavy atom. The first-order chi connectivity index (χ1) is 5.74. The smallest absolute Gasteiger partial charge is 0.213 e. The normalized spacial score (nSPS) is 10.6. The Bertz CT molecular complexity index is 301. The van der Waals surface area contributed by atoms with Gasteiger partial charge in [-0.15, -0.1) is 0 Å². The molecule has 1 heterocycles. The van der Waals surface area contributed by atoms with Gasteiger partial charge in [-0.2, -0.15) is 4.39 Å². The second-order valence-corrected chi connectivity index (χ2v) is 2.92. The van der Waals surface area contributed by atoms with Crippen LogP contribution < -0.4 is 0 Å². The largest absolute Gasteiger partial charge is 0.504 e. The first-order valence-electron chi connectivity index (χ1n) is 3.24. The van der Waals surface area contributed by atoms with E-state index < -0.39 is 5.95 Å². The minimum absolute atomic E-state index is 0.503. The number of methoxy groups -OCH3 is 1. The van der Waals surface area contributed by atoms with Crippen molar-refractivity contribution in [2.24, 2.45) is 0 Å². The minimum atomic E-state index is -0.503. The predicted octanol–water partition coefficient (Wildman–Crippen LogP) is 2.60. The number of nitrogens with zero attached hydrogens (tertiary/aromatic N) is 1. The van der Waals surface area contributed by atoms with E-state index >= 15 is 0 Å². The summed E-state index contributed by atoms with van der Waals surface area (Å²) in [5, 5.41) is 0. The van der Waals surface area contributed by atoms with E-state index in [1.165, 1.54) is 18.5 Å². The SMILES string of the molecule is CO/C=C/c1cnc(F)cc1Br. The van der Waals surface area contributed by atoms with Crippen LogP contribution in [0.5, 0.6) is 0 Å². The van der Waals surface area contributed by atoms with Gasteiger partial charge in [0.05, 0.1) is 13.4 Å². The number of hydrogen-bond acceptors (Lipinski definition) is 2. The molecule has 0 aliphatic rings. The second kappa shape index (κ2) is 4.21. The zero-order valence-corrected chi connectivity index (χ0v) is 8.01. The van der Waals surface area contributed by atoms with Gasteiger partial charge >= 0.3 is 0 Å². The van der Waals surface area contributed by atoms with Gasteiger partial charge in [0.15, 0.2) is 0 Å². The number of aromatic nitrogens is 1. The van der Waals surface area contributed by atoms with Gasteiger partial charge in [0, 0.05) is 22.3 Å². The Morgan fingerprint density at radius 2 is 2.42 bits per heavy atom. The van der Waals surface area contributed by atoms with E-state index in [4.69, 9.17) is 4.74 Å². The Labute approximate surface area is 78.2 Å². The molecule has 64 valence electrons. The summed E-state index contributed by atoms with van der Waals surface area (Å²) in [6, 6.07) is 1.30. The molecule has 1 aromatic rings. The predicted molar refractivity (Wildman–Crippen MR) is 47.9 cm³/mol. The number of halogens is 2. The van der Waals surface area contributed by atoms with E-state index in [-0.39, 0.29) is 0 Å². The van der Waals surface area contributed by atoms with Gasteiger partial charge in [-0.1, -0.05) is 0 Å². The third-order valence-corrected chi connectivity index (χ3v) is 1.92.